The molecule has 2 aromatic carbocycles. The minimum absolute atomic E-state index is 0.0546. The largest absolute Gasteiger partial charge is 0.353 e. The SMILES string of the molecule is O=C1Cc2cc(CCCN3CCN(c4nsc5ccccc45)CC3)c(Cl)cc2N1. The summed E-state index contributed by atoms with van der Waals surface area (Å²) in [6.07, 6.45) is 2.48. The molecule has 2 aliphatic heterocycles. The standard InChI is InChI=1S/C22H23ClN4OS/c23-18-14-19-16(13-21(28)24-19)12-15(18)4-3-7-26-8-10-27(11-9-26)22-17-5-1-2-6-20(17)29-25-22/h1-2,5-6,12,14H,3-4,7-11,13H2,(H,24,28). The van der Waals surface area contributed by atoms with Crippen molar-refractivity contribution in [2.75, 3.05) is 42.9 Å². The number of aryl methyl sites for hydroxylation is 1. The number of aromatic nitrogens is 1. The highest BCUT2D eigenvalue weighted by Gasteiger charge is 2.21. The lowest BCUT2D eigenvalue weighted by Gasteiger charge is -2.35. The van der Waals surface area contributed by atoms with Crippen LogP contribution in [0, 0.1) is 0 Å². The summed E-state index contributed by atoms with van der Waals surface area (Å²) in [7, 11) is 0. The maximum absolute atomic E-state index is 11.6. The van der Waals surface area contributed by atoms with Gasteiger partial charge in [-0.2, -0.15) is 4.37 Å². The first-order valence-corrected chi connectivity index (χ1v) is 11.3. The van der Waals surface area contributed by atoms with E-state index >= 15 is 0 Å². The van der Waals surface area contributed by atoms with E-state index in [1.807, 2.05) is 6.07 Å². The lowest BCUT2D eigenvalue weighted by atomic mass is 10.0. The quantitative estimate of drug-likeness (QED) is 0.664. The fraction of sp³-hybridized carbons (Fsp3) is 0.364. The van der Waals surface area contributed by atoms with Crippen LogP contribution in [-0.2, 0) is 17.6 Å². The van der Waals surface area contributed by atoms with Gasteiger partial charge in [-0.05, 0) is 60.2 Å². The summed E-state index contributed by atoms with van der Waals surface area (Å²) >= 11 is 8.01. The molecule has 0 atom stereocenters. The Balaban J connectivity index is 1.14. The Morgan fingerprint density at radius 3 is 2.83 bits per heavy atom. The van der Waals surface area contributed by atoms with E-state index in [1.165, 1.54) is 10.1 Å². The molecule has 0 saturated carbocycles. The van der Waals surface area contributed by atoms with Gasteiger partial charge < -0.3 is 10.2 Å². The number of nitrogens with one attached hydrogen (secondary N) is 1. The third-order valence-corrected chi connectivity index (χ3v) is 7.02. The fourth-order valence-electron chi connectivity index (χ4n) is 4.27. The van der Waals surface area contributed by atoms with E-state index in [0.717, 1.165) is 73.2 Å². The summed E-state index contributed by atoms with van der Waals surface area (Å²) in [5, 5.41) is 4.88. The number of halogens is 1. The van der Waals surface area contributed by atoms with Gasteiger partial charge in [0.1, 0.15) is 5.82 Å². The number of fused-ring (bicyclic) bond motifs is 2. The van der Waals surface area contributed by atoms with Gasteiger partial charge in [0, 0.05) is 42.3 Å². The number of nitrogens with zero attached hydrogens (tertiary/aromatic N) is 3. The van der Waals surface area contributed by atoms with Gasteiger partial charge in [0.25, 0.3) is 0 Å². The molecule has 2 aliphatic rings. The number of benzene rings is 2. The summed E-state index contributed by atoms with van der Waals surface area (Å²) in [6, 6.07) is 12.5. The van der Waals surface area contributed by atoms with Crippen molar-refractivity contribution in [2.45, 2.75) is 19.3 Å². The third kappa shape index (κ3) is 3.84. The Bertz CT molecular complexity index is 1060. The average Bonchev–Trinajstić information content (AvgIpc) is 3.31. The van der Waals surface area contributed by atoms with Crippen molar-refractivity contribution in [2.24, 2.45) is 0 Å². The van der Waals surface area contributed by atoms with Crippen LogP contribution < -0.4 is 10.2 Å². The molecule has 1 saturated heterocycles. The van der Waals surface area contributed by atoms with Crippen molar-refractivity contribution < 1.29 is 4.79 Å². The number of carbonyl (C=O) groups excluding carboxylic acids is 1. The van der Waals surface area contributed by atoms with E-state index in [4.69, 9.17) is 16.0 Å². The molecule has 1 N–H and O–H groups in total. The van der Waals surface area contributed by atoms with E-state index in [2.05, 4.69) is 45.4 Å². The van der Waals surface area contributed by atoms with Gasteiger partial charge in [0.2, 0.25) is 5.91 Å². The summed E-state index contributed by atoms with van der Waals surface area (Å²) in [6.45, 7) is 5.21. The molecule has 150 valence electrons. The molecule has 5 rings (SSSR count). The Morgan fingerprint density at radius 1 is 1.14 bits per heavy atom. The van der Waals surface area contributed by atoms with E-state index in [9.17, 15) is 4.79 Å². The summed E-state index contributed by atoms with van der Waals surface area (Å²) in [5.74, 6) is 1.19. The van der Waals surface area contributed by atoms with Crippen LogP contribution in [0.3, 0.4) is 0 Å². The number of rotatable bonds is 5. The second-order valence-electron chi connectivity index (χ2n) is 7.76. The van der Waals surface area contributed by atoms with Crippen LogP contribution >= 0.6 is 23.1 Å². The first kappa shape index (κ1) is 18.9. The molecule has 0 aliphatic carbocycles. The van der Waals surface area contributed by atoms with Crippen LogP contribution in [0.2, 0.25) is 5.02 Å². The summed E-state index contributed by atoms with van der Waals surface area (Å²) in [4.78, 5) is 16.5. The van der Waals surface area contributed by atoms with Crippen molar-refractivity contribution in [3.63, 3.8) is 0 Å². The smallest absolute Gasteiger partial charge is 0.228 e. The van der Waals surface area contributed by atoms with Crippen molar-refractivity contribution in [3.05, 3.63) is 52.5 Å². The van der Waals surface area contributed by atoms with Gasteiger partial charge in [0.05, 0.1) is 11.1 Å². The normalized spacial score (nSPS) is 17.0. The third-order valence-electron chi connectivity index (χ3n) is 5.85. The zero-order chi connectivity index (χ0) is 19.8. The molecule has 0 radical (unpaired) electrons. The van der Waals surface area contributed by atoms with Crippen molar-refractivity contribution in [1.29, 1.82) is 0 Å². The topological polar surface area (TPSA) is 48.5 Å². The molecule has 1 amide bonds. The van der Waals surface area contributed by atoms with Gasteiger partial charge in [0.15, 0.2) is 0 Å². The van der Waals surface area contributed by atoms with E-state index < -0.39 is 0 Å². The zero-order valence-corrected chi connectivity index (χ0v) is 17.7. The van der Waals surface area contributed by atoms with Gasteiger partial charge in [-0.15, -0.1) is 0 Å². The molecule has 0 bridgehead atoms. The molecule has 3 heterocycles. The highest BCUT2D eigenvalue weighted by atomic mass is 35.5. The second-order valence-corrected chi connectivity index (χ2v) is 8.97. The predicted molar refractivity (Wildman–Crippen MR) is 120 cm³/mol. The minimum atomic E-state index is 0.0546. The van der Waals surface area contributed by atoms with Gasteiger partial charge in [-0.25, -0.2) is 0 Å². The lowest BCUT2D eigenvalue weighted by molar-refractivity contribution is -0.115. The molecular formula is C22H23ClN4OS. The monoisotopic (exact) mass is 426 g/mol. The van der Waals surface area contributed by atoms with Crippen molar-refractivity contribution in [3.8, 4) is 0 Å². The van der Waals surface area contributed by atoms with Crippen LogP contribution in [0.5, 0.6) is 0 Å². The minimum Gasteiger partial charge on any atom is -0.353 e. The molecule has 0 spiro atoms. The average molecular weight is 427 g/mol. The van der Waals surface area contributed by atoms with Crippen LogP contribution in [-0.4, -0.2) is 47.9 Å². The van der Waals surface area contributed by atoms with Crippen molar-refractivity contribution in [1.82, 2.24) is 9.27 Å². The number of amides is 1. The van der Waals surface area contributed by atoms with E-state index in [1.54, 1.807) is 11.5 Å². The first-order valence-electron chi connectivity index (χ1n) is 10.1. The lowest BCUT2D eigenvalue weighted by Crippen LogP contribution is -2.46. The van der Waals surface area contributed by atoms with Crippen molar-refractivity contribution >= 4 is 50.6 Å². The van der Waals surface area contributed by atoms with Crippen LogP contribution in [0.15, 0.2) is 36.4 Å². The molecule has 1 aromatic heterocycles. The maximum atomic E-state index is 11.6. The molecule has 29 heavy (non-hydrogen) atoms. The van der Waals surface area contributed by atoms with E-state index in [0.29, 0.717) is 6.42 Å². The molecular weight excluding hydrogens is 404 g/mol. The van der Waals surface area contributed by atoms with Gasteiger partial charge in [-0.3, -0.25) is 9.69 Å². The summed E-state index contributed by atoms with van der Waals surface area (Å²) < 4.78 is 5.95. The number of piperazine rings is 1. The highest BCUT2D eigenvalue weighted by Crippen LogP contribution is 2.31. The molecule has 5 nitrogen and oxygen atoms in total. The molecule has 0 unspecified atom stereocenters. The number of hydrogen-bond donors (Lipinski definition) is 1. The fourth-order valence-corrected chi connectivity index (χ4v) is 5.32. The van der Waals surface area contributed by atoms with Crippen LogP contribution in [0.4, 0.5) is 11.5 Å². The number of hydrogen-bond acceptors (Lipinski definition) is 5. The van der Waals surface area contributed by atoms with Crippen LogP contribution in [0.25, 0.3) is 10.1 Å². The molecule has 7 heteroatoms. The maximum Gasteiger partial charge on any atom is 0.228 e. The van der Waals surface area contributed by atoms with E-state index in [-0.39, 0.29) is 5.91 Å². The predicted octanol–water partition coefficient (Wildman–Crippen LogP) is 4.20. The van der Waals surface area contributed by atoms with Gasteiger partial charge in [-0.1, -0.05) is 29.8 Å². The molecule has 1 fully saturated rings. The Hall–Kier alpha value is -2.15. The number of carbonyl (C=O) groups is 1. The highest BCUT2D eigenvalue weighted by molar-refractivity contribution is 7.13. The van der Waals surface area contributed by atoms with Crippen LogP contribution in [0.1, 0.15) is 17.5 Å². The first-order chi connectivity index (χ1) is 14.2. The van der Waals surface area contributed by atoms with Gasteiger partial charge >= 0.3 is 0 Å². The second kappa shape index (κ2) is 7.94. The number of anilines is 2. The Kier molecular flexibility index (Phi) is 5.16. The Labute approximate surface area is 179 Å². The Morgan fingerprint density at radius 2 is 1.97 bits per heavy atom. The summed E-state index contributed by atoms with van der Waals surface area (Å²) in [5.41, 5.74) is 3.09. The zero-order valence-electron chi connectivity index (χ0n) is 16.2. The molecule has 3 aromatic rings.